The Morgan fingerprint density at radius 2 is 2.03 bits per heavy atom. The number of benzene rings is 2. The fraction of sp³-hybridized carbons (Fsp3) is 0.318. The largest absolute Gasteiger partial charge is 0.491 e. The number of likely N-dealkylation sites (tertiary alicyclic amines) is 1. The number of halogens is 1. The van der Waals surface area contributed by atoms with Crippen molar-refractivity contribution in [2.24, 2.45) is 0 Å². The molecule has 1 unspecified atom stereocenters. The van der Waals surface area contributed by atoms with Gasteiger partial charge in [-0.15, -0.1) is 0 Å². The highest BCUT2D eigenvalue weighted by atomic mass is 19.1. The molecule has 2 heterocycles. The predicted octanol–water partition coefficient (Wildman–Crippen LogP) is 4.53. The first-order valence-electron chi connectivity index (χ1n) is 9.64. The van der Waals surface area contributed by atoms with Crippen LogP contribution in [0.4, 0.5) is 4.39 Å². The molecule has 1 amide bonds. The topological polar surface area (TPSA) is 68.5 Å². The molecule has 4 rings (SSSR count). The number of hydrogen-bond donors (Lipinski definition) is 0. The highest BCUT2D eigenvalue weighted by Crippen LogP contribution is 2.34. The van der Waals surface area contributed by atoms with E-state index in [0.29, 0.717) is 31.1 Å². The van der Waals surface area contributed by atoms with Crippen LogP contribution in [0.15, 0.2) is 53.1 Å². The molecule has 1 atom stereocenters. The first kappa shape index (κ1) is 19.1. The van der Waals surface area contributed by atoms with E-state index >= 15 is 0 Å². The van der Waals surface area contributed by atoms with Gasteiger partial charge in [0.25, 0.3) is 0 Å². The lowest BCUT2D eigenvalue weighted by molar-refractivity contribution is -0.130. The third-order valence-electron chi connectivity index (χ3n) is 4.78. The van der Waals surface area contributed by atoms with Gasteiger partial charge in [0.15, 0.2) is 0 Å². The number of carbonyl (C=O) groups is 1. The highest BCUT2D eigenvalue weighted by molar-refractivity contribution is 5.78. The van der Waals surface area contributed by atoms with Gasteiger partial charge in [0.1, 0.15) is 17.6 Å². The van der Waals surface area contributed by atoms with Gasteiger partial charge in [0.05, 0.1) is 6.10 Å². The van der Waals surface area contributed by atoms with E-state index in [9.17, 15) is 9.18 Å². The van der Waals surface area contributed by atoms with Crippen LogP contribution in [0, 0.1) is 5.82 Å². The molecule has 1 aliphatic rings. The van der Waals surface area contributed by atoms with E-state index in [2.05, 4.69) is 10.1 Å². The first-order valence-corrected chi connectivity index (χ1v) is 9.64. The summed E-state index contributed by atoms with van der Waals surface area (Å²) in [6, 6.07) is 13.4. The third-order valence-corrected chi connectivity index (χ3v) is 4.78. The lowest BCUT2D eigenvalue weighted by Gasteiger charge is -2.22. The van der Waals surface area contributed by atoms with Crippen molar-refractivity contribution in [3.63, 3.8) is 0 Å². The molecule has 0 N–H and O–H groups in total. The second-order valence-corrected chi connectivity index (χ2v) is 7.35. The van der Waals surface area contributed by atoms with Crippen molar-refractivity contribution >= 4 is 5.91 Å². The fourth-order valence-corrected chi connectivity index (χ4v) is 3.46. The minimum absolute atomic E-state index is 0.00537. The third kappa shape index (κ3) is 4.29. The van der Waals surface area contributed by atoms with Gasteiger partial charge < -0.3 is 14.2 Å². The summed E-state index contributed by atoms with van der Waals surface area (Å²) in [5, 5.41) is 4.08. The molecule has 0 spiro atoms. The Bertz CT molecular complexity index is 1000. The molecule has 0 aliphatic carbocycles. The van der Waals surface area contributed by atoms with E-state index in [4.69, 9.17) is 9.26 Å². The summed E-state index contributed by atoms with van der Waals surface area (Å²) in [6.07, 6.45) is 1.09. The van der Waals surface area contributed by atoms with Crippen molar-refractivity contribution in [3.05, 3.63) is 65.8 Å². The molecule has 2 aromatic carbocycles. The van der Waals surface area contributed by atoms with Crippen LogP contribution in [0.3, 0.4) is 0 Å². The minimum atomic E-state index is -0.323. The van der Waals surface area contributed by atoms with E-state index in [1.807, 2.05) is 38.1 Å². The maximum atomic E-state index is 13.5. The van der Waals surface area contributed by atoms with Crippen LogP contribution in [0.1, 0.15) is 44.2 Å². The Balaban J connectivity index is 1.52. The van der Waals surface area contributed by atoms with Gasteiger partial charge >= 0.3 is 0 Å². The standard InChI is InChI=1S/C22H22FN3O3/c1-14(2)28-18-8-6-16(7-9-18)21-24-22(29-25-21)19-10-11-20(27)26(19)13-15-4-3-5-17(23)12-15/h3-9,12,14,19H,10-11,13H2,1-2H3. The molecule has 7 heteroatoms. The number of aromatic nitrogens is 2. The van der Waals surface area contributed by atoms with Gasteiger partial charge in [0, 0.05) is 18.5 Å². The summed E-state index contributed by atoms with van der Waals surface area (Å²) in [6.45, 7) is 4.25. The number of rotatable bonds is 6. The smallest absolute Gasteiger partial charge is 0.249 e. The zero-order valence-corrected chi connectivity index (χ0v) is 16.3. The molecule has 150 valence electrons. The highest BCUT2D eigenvalue weighted by Gasteiger charge is 2.36. The van der Waals surface area contributed by atoms with E-state index in [-0.39, 0.29) is 23.9 Å². The molecule has 3 aromatic rings. The Kier molecular flexibility index (Phi) is 5.29. The van der Waals surface area contributed by atoms with Gasteiger partial charge in [-0.3, -0.25) is 4.79 Å². The number of nitrogens with zero attached hydrogens (tertiary/aromatic N) is 3. The molecule has 0 saturated carbocycles. The monoisotopic (exact) mass is 395 g/mol. The van der Waals surface area contributed by atoms with Gasteiger partial charge in [-0.1, -0.05) is 17.3 Å². The summed E-state index contributed by atoms with van der Waals surface area (Å²) in [5.41, 5.74) is 1.53. The van der Waals surface area contributed by atoms with Crippen LogP contribution in [0.5, 0.6) is 5.75 Å². The number of carbonyl (C=O) groups excluding carboxylic acids is 1. The molecular formula is C22H22FN3O3. The number of hydrogen-bond acceptors (Lipinski definition) is 5. The first-order chi connectivity index (χ1) is 14.0. The zero-order chi connectivity index (χ0) is 20.4. The summed E-state index contributed by atoms with van der Waals surface area (Å²) in [4.78, 5) is 18.6. The van der Waals surface area contributed by atoms with Crippen LogP contribution in [-0.2, 0) is 11.3 Å². The Labute approximate surface area is 168 Å². The normalized spacial score (nSPS) is 16.6. The van der Waals surface area contributed by atoms with E-state index in [1.165, 1.54) is 12.1 Å². The van der Waals surface area contributed by atoms with E-state index < -0.39 is 0 Å². The van der Waals surface area contributed by atoms with Crippen molar-refractivity contribution in [3.8, 4) is 17.1 Å². The van der Waals surface area contributed by atoms with Gasteiger partial charge in [0.2, 0.25) is 17.6 Å². The fourth-order valence-electron chi connectivity index (χ4n) is 3.46. The van der Waals surface area contributed by atoms with Crippen LogP contribution in [0.25, 0.3) is 11.4 Å². The van der Waals surface area contributed by atoms with Crippen molar-refractivity contribution in [2.45, 2.75) is 45.4 Å². The molecule has 0 bridgehead atoms. The van der Waals surface area contributed by atoms with Crippen molar-refractivity contribution in [2.75, 3.05) is 0 Å². The van der Waals surface area contributed by atoms with Crippen molar-refractivity contribution in [1.29, 1.82) is 0 Å². The maximum absolute atomic E-state index is 13.5. The maximum Gasteiger partial charge on any atom is 0.249 e. The summed E-state index contributed by atoms with van der Waals surface area (Å²) in [5.74, 6) is 1.30. The molecule has 29 heavy (non-hydrogen) atoms. The van der Waals surface area contributed by atoms with Crippen LogP contribution in [0.2, 0.25) is 0 Å². The second-order valence-electron chi connectivity index (χ2n) is 7.35. The molecule has 1 fully saturated rings. The molecule has 0 radical (unpaired) electrons. The Morgan fingerprint density at radius 3 is 2.76 bits per heavy atom. The van der Waals surface area contributed by atoms with Crippen LogP contribution in [-0.4, -0.2) is 27.1 Å². The lowest BCUT2D eigenvalue weighted by Crippen LogP contribution is -2.27. The second kappa shape index (κ2) is 8.03. The summed E-state index contributed by atoms with van der Waals surface area (Å²) >= 11 is 0. The van der Waals surface area contributed by atoms with Gasteiger partial charge in [-0.05, 0) is 62.2 Å². The number of ether oxygens (including phenoxy) is 1. The average molecular weight is 395 g/mol. The molecular weight excluding hydrogens is 373 g/mol. The molecule has 6 nitrogen and oxygen atoms in total. The average Bonchev–Trinajstić information content (AvgIpc) is 3.30. The quantitative estimate of drug-likeness (QED) is 0.614. The predicted molar refractivity (Wildman–Crippen MR) is 104 cm³/mol. The van der Waals surface area contributed by atoms with E-state index in [1.54, 1.807) is 17.0 Å². The zero-order valence-electron chi connectivity index (χ0n) is 16.3. The van der Waals surface area contributed by atoms with Crippen LogP contribution >= 0.6 is 0 Å². The summed E-state index contributed by atoms with van der Waals surface area (Å²) < 4.78 is 24.6. The lowest BCUT2D eigenvalue weighted by atomic mass is 10.1. The Morgan fingerprint density at radius 1 is 1.24 bits per heavy atom. The molecule has 1 saturated heterocycles. The molecule has 1 aliphatic heterocycles. The minimum Gasteiger partial charge on any atom is -0.491 e. The van der Waals surface area contributed by atoms with Gasteiger partial charge in [-0.25, -0.2) is 4.39 Å². The van der Waals surface area contributed by atoms with E-state index in [0.717, 1.165) is 16.9 Å². The number of amides is 1. The Hall–Kier alpha value is -3.22. The molecule has 1 aromatic heterocycles. The summed E-state index contributed by atoms with van der Waals surface area (Å²) in [7, 11) is 0. The van der Waals surface area contributed by atoms with Crippen molar-refractivity contribution < 1.29 is 18.4 Å². The van der Waals surface area contributed by atoms with Crippen LogP contribution < -0.4 is 4.74 Å². The van der Waals surface area contributed by atoms with Gasteiger partial charge in [-0.2, -0.15) is 4.98 Å². The SMILES string of the molecule is CC(C)Oc1ccc(-c2noc(C3CCC(=O)N3Cc3cccc(F)c3)n2)cc1. The van der Waals surface area contributed by atoms with Crippen molar-refractivity contribution in [1.82, 2.24) is 15.0 Å².